The minimum absolute atomic E-state index is 0.655. The summed E-state index contributed by atoms with van der Waals surface area (Å²) in [5, 5.41) is 9.26. The van der Waals surface area contributed by atoms with Gasteiger partial charge in [0.05, 0.1) is 12.3 Å². The van der Waals surface area contributed by atoms with E-state index in [1.54, 1.807) is 6.33 Å². The second kappa shape index (κ2) is 9.65. The van der Waals surface area contributed by atoms with E-state index in [-0.39, 0.29) is 0 Å². The van der Waals surface area contributed by atoms with Gasteiger partial charge in [-0.3, -0.25) is 4.90 Å². The quantitative estimate of drug-likeness (QED) is 0.845. The van der Waals surface area contributed by atoms with Crippen molar-refractivity contribution >= 4 is 17.3 Å². The molecule has 10 heteroatoms. The molecule has 0 aliphatic carbocycles. The van der Waals surface area contributed by atoms with Crippen molar-refractivity contribution in [1.29, 1.82) is 0 Å². The van der Waals surface area contributed by atoms with E-state index in [1.165, 1.54) is 10.4 Å². The molecular formula is C17H20F3N3O3S. The summed E-state index contributed by atoms with van der Waals surface area (Å²) >= 11 is 1.82. The number of nitrogens with zero attached hydrogens (tertiary/aromatic N) is 3. The first-order chi connectivity index (χ1) is 12.8. The first-order valence-electron chi connectivity index (χ1n) is 8.31. The monoisotopic (exact) mass is 403 g/mol. The number of carbonyl (C=O) groups is 1. The lowest BCUT2D eigenvalue weighted by atomic mass is 10.1. The van der Waals surface area contributed by atoms with Crippen molar-refractivity contribution in [3.63, 3.8) is 0 Å². The fraction of sp³-hybridized carbons (Fsp3) is 0.471. The van der Waals surface area contributed by atoms with Crippen LogP contribution in [0.3, 0.4) is 0 Å². The highest BCUT2D eigenvalue weighted by Crippen LogP contribution is 2.23. The number of hydrogen-bond donors (Lipinski definition) is 1. The number of rotatable bonds is 4. The Morgan fingerprint density at radius 3 is 2.63 bits per heavy atom. The molecule has 148 valence electrons. The van der Waals surface area contributed by atoms with Crippen LogP contribution in [0.15, 0.2) is 23.8 Å². The van der Waals surface area contributed by atoms with Gasteiger partial charge in [-0.15, -0.1) is 11.3 Å². The molecule has 0 radical (unpaired) electrons. The van der Waals surface area contributed by atoms with E-state index in [0.29, 0.717) is 6.61 Å². The van der Waals surface area contributed by atoms with Gasteiger partial charge in [-0.1, -0.05) is 6.07 Å². The Hall–Kier alpha value is -2.20. The van der Waals surface area contributed by atoms with Crippen LogP contribution < -0.4 is 4.74 Å². The Bertz CT molecular complexity index is 739. The predicted molar refractivity (Wildman–Crippen MR) is 93.9 cm³/mol. The molecule has 0 fully saturated rings. The number of thiophene rings is 1. The smallest absolute Gasteiger partial charge is 0.478 e. The fourth-order valence-corrected chi connectivity index (χ4v) is 3.33. The van der Waals surface area contributed by atoms with Gasteiger partial charge < -0.3 is 9.84 Å². The summed E-state index contributed by atoms with van der Waals surface area (Å²) in [6.45, 7) is 5.77. The van der Waals surface area contributed by atoms with E-state index < -0.39 is 12.1 Å². The molecule has 1 N–H and O–H groups in total. The molecule has 27 heavy (non-hydrogen) atoms. The average molecular weight is 403 g/mol. The summed E-state index contributed by atoms with van der Waals surface area (Å²) in [5.41, 5.74) is 2.35. The first-order valence-corrected chi connectivity index (χ1v) is 9.19. The molecule has 0 bridgehead atoms. The summed E-state index contributed by atoms with van der Waals surface area (Å²) in [4.78, 5) is 21.5. The van der Waals surface area contributed by atoms with Crippen LogP contribution in [-0.4, -0.2) is 51.8 Å². The molecule has 0 aromatic carbocycles. The predicted octanol–water partition coefficient (Wildman–Crippen LogP) is 3.17. The van der Waals surface area contributed by atoms with Gasteiger partial charge >= 0.3 is 12.1 Å². The van der Waals surface area contributed by atoms with Crippen LogP contribution in [0, 0.1) is 0 Å². The van der Waals surface area contributed by atoms with Crippen LogP contribution in [0.1, 0.15) is 23.1 Å². The number of ether oxygens (including phenoxy) is 1. The van der Waals surface area contributed by atoms with Gasteiger partial charge in [0.2, 0.25) is 5.88 Å². The molecule has 3 rings (SSSR count). The van der Waals surface area contributed by atoms with Crippen molar-refractivity contribution in [2.24, 2.45) is 0 Å². The van der Waals surface area contributed by atoms with Crippen molar-refractivity contribution < 1.29 is 27.8 Å². The van der Waals surface area contributed by atoms with Gasteiger partial charge in [0.25, 0.3) is 0 Å². The number of aromatic nitrogens is 2. The van der Waals surface area contributed by atoms with Crippen molar-refractivity contribution in [1.82, 2.24) is 14.9 Å². The van der Waals surface area contributed by atoms with E-state index in [4.69, 9.17) is 14.6 Å². The van der Waals surface area contributed by atoms with Gasteiger partial charge in [0, 0.05) is 36.5 Å². The van der Waals surface area contributed by atoms with Crippen molar-refractivity contribution in [3.05, 3.63) is 40.0 Å². The summed E-state index contributed by atoms with van der Waals surface area (Å²) in [5.74, 6) is -1.98. The maximum absolute atomic E-state index is 10.6. The summed E-state index contributed by atoms with van der Waals surface area (Å²) in [6.07, 6.45) is -1.51. The molecule has 1 aliphatic heterocycles. The van der Waals surface area contributed by atoms with E-state index in [9.17, 15) is 13.2 Å². The lowest BCUT2D eigenvalue weighted by Crippen LogP contribution is -2.25. The SMILES string of the molecule is CCOc1ncnc2c1CCN(Cc1cccs1)CC2.O=C(O)C(F)(F)F. The number of halogens is 3. The molecule has 1 aliphatic rings. The van der Waals surface area contributed by atoms with Crippen LogP contribution in [0.4, 0.5) is 13.2 Å². The minimum Gasteiger partial charge on any atom is -0.478 e. The summed E-state index contributed by atoms with van der Waals surface area (Å²) in [6, 6.07) is 4.32. The molecule has 0 spiro atoms. The largest absolute Gasteiger partial charge is 0.490 e. The molecule has 0 atom stereocenters. The maximum atomic E-state index is 10.6. The van der Waals surface area contributed by atoms with Gasteiger partial charge in [-0.05, 0) is 24.8 Å². The zero-order valence-corrected chi connectivity index (χ0v) is 15.5. The highest BCUT2D eigenvalue weighted by Gasteiger charge is 2.38. The Morgan fingerprint density at radius 2 is 2.04 bits per heavy atom. The van der Waals surface area contributed by atoms with E-state index >= 15 is 0 Å². The molecule has 0 amide bonds. The van der Waals surface area contributed by atoms with Gasteiger partial charge in [-0.25, -0.2) is 14.8 Å². The third-order valence-corrected chi connectivity index (χ3v) is 4.68. The zero-order valence-electron chi connectivity index (χ0n) is 14.7. The normalized spacial score (nSPS) is 14.5. The molecule has 0 unspecified atom stereocenters. The van der Waals surface area contributed by atoms with Crippen LogP contribution in [-0.2, 0) is 24.2 Å². The standard InChI is InChI=1S/C15H19N3OS.C2HF3O2/c1-2-19-15-13-5-7-18(10-12-4-3-9-20-12)8-6-14(13)16-11-17-15;3-2(4,5)1(6)7/h3-4,9,11H,2,5-8,10H2,1H3;(H,6,7). The number of hydrogen-bond acceptors (Lipinski definition) is 6. The molecular weight excluding hydrogens is 383 g/mol. The maximum Gasteiger partial charge on any atom is 0.490 e. The highest BCUT2D eigenvalue weighted by atomic mass is 32.1. The molecule has 2 aromatic rings. The number of carboxylic acid groups (broad SMARTS) is 1. The molecule has 6 nitrogen and oxygen atoms in total. The van der Waals surface area contributed by atoms with Crippen LogP contribution in [0.5, 0.6) is 5.88 Å². The third kappa shape index (κ3) is 6.47. The van der Waals surface area contributed by atoms with Crippen molar-refractivity contribution in [2.45, 2.75) is 32.5 Å². The molecule has 2 aromatic heterocycles. The number of aliphatic carboxylic acids is 1. The fourth-order valence-electron chi connectivity index (χ4n) is 2.58. The van der Waals surface area contributed by atoms with Gasteiger partial charge in [0.1, 0.15) is 6.33 Å². The lowest BCUT2D eigenvalue weighted by Gasteiger charge is -2.18. The van der Waals surface area contributed by atoms with Crippen molar-refractivity contribution in [2.75, 3.05) is 19.7 Å². The number of fused-ring (bicyclic) bond motifs is 1. The second-order valence-electron chi connectivity index (χ2n) is 5.70. The Labute approximate surface area is 158 Å². The average Bonchev–Trinajstić information content (AvgIpc) is 3.02. The van der Waals surface area contributed by atoms with Crippen LogP contribution in [0.25, 0.3) is 0 Å². The van der Waals surface area contributed by atoms with Crippen LogP contribution >= 0.6 is 11.3 Å². The summed E-state index contributed by atoms with van der Waals surface area (Å²) in [7, 11) is 0. The minimum atomic E-state index is -5.08. The Morgan fingerprint density at radius 1 is 1.33 bits per heavy atom. The third-order valence-electron chi connectivity index (χ3n) is 3.82. The number of carboxylic acids is 1. The second-order valence-corrected chi connectivity index (χ2v) is 6.73. The topological polar surface area (TPSA) is 75.6 Å². The van der Waals surface area contributed by atoms with Crippen molar-refractivity contribution in [3.8, 4) is 5.88 Å². The van der Waals surface area contributed by atoms with Gasteiger partial charge in [-0.2, -0.15) is 13.2 Å². The zero-order chi connectivity index (χ0) is 19.9. The lowest BCUT2D eigenvalue weighted by molar-refractivity contribution is -0.192. The Balaban J connectivity index is 0.000000321. The first kappa shape index (κ1) is 21.1. The van der Waals surface area contributed by atoms with Gasteiger partial charge in [0.15, 0.2) is 0 Å². The van der Waals surface area contributed by atoms with E-state index in [0.717, 1.165) is 44.0 Å². The van der Waals surface area contributed by atoms with E-state index in [1.807, 2.05) is 18.3 Å². The Kier molecular flexibility index (Phi) is 7.55. The van der Waals surface area contributed by atoms with Crippen LogP contribution in [0.2, 0.25) is 0 Å². The highest BCUT2D eigenvalue weighted by molar-refractivity contribution is 7.09. The summed E-state index contributed by atoms with van der Waals surface area (Å²) < 4.78 is 37.4. The van der Waals surface area contributed by atoms with E-state index in [2.05, 4.69) is 32.4 Å². The molecule has 0 saturated heterocycles. The number of alkyl halides is 3. The molecule has 0 saturated carbocycles. The molecule has 3 heterocycles.